The topological polar surface area (TPSA) is 58.4 Å². The number of nitrogens with zero attached hydrogens (tertiary/aromatic N) is 3. The number of aliphatic hydroxyl groups is 1. The van der Waals surface area contributed by atoms with Crippen molar-refractivity contribution in [2.75, 3.05) is 6.54 Å². The second-order valence-electron chi connectivity index (χ2n) is 6.35. The summed E-state index contributed by atoms with van der Waals surface area (Å²) in [6.45, 7) is 4.73. The lowest BCUT2D eigenvalue weighted by molar-refractivity contribution is 0.0256. The maximum Gasteiger partial charge on any atom is 0.274 e. The summed E-state index contributed by atoms with van der Waals surface area (Å²) in [5.41, 5.74) is 0.178. The summed E-state index contributed by atoms with van der Waals surface area (Å²) >= 11 is 0. The van der Waals surface area contributed by atoms with Crippen LogP contribution < -0.4 is 0 Å². The molecule has 3 rings (SSSR count). The van der Waals surface area contributed by atoms with E-state index < -0.39 is 0 Å². The third-order valence-electron chi connectivity index (χ3n) is 4.86. The van der Waals surface area contributed by atoms with Gasteiger partial charge in [0.15, 0.2) is 0 Å². The summed E-state index contributed by atoms with van der Waals surface area (Å²) in [4.78, 5) is 14.6. The lowest BCUT2D eigenvalue weighted by Gasteiger charge is -2.36. The van der Waals surface area contributed by atoms with Gasteiger partial charge in [-0.25, -0.2) is 0 Å². The van der Waals surface area contributed by atoms with Crippen molar-refractivity contribution in [3.63, 3.8) is 0 Å². The summed E-state index contributed by atoms with van der Waals surface area (Å²) in [5, 5.41) is 14.7. The van der Waals surface area contributed by atoms with Crippen LogP contribution in [0.15, 0.2) is 12.3 Å². The smallest absolute Gasteiger partial charge is 0.274 e. The molecule has 1 spiro atoms. The van der Waals surface area contributed by atoms with Crippen molar-refractivity contribution in [2.24, 2.45) is 0 Å². The Labute approximate surface area is 119 Å². The molecule has 20 heavy (non-hydrogen) atoms. The highest BCUT2D eigenvalue weighted by molar-refractivity contribution is 5.93. The van der Waals surface area contributed by atoms with Crippen molar-refractivity contribution in [1.82, 2.24) is 14.7 Å². The van der Waals surface area contributed by atoms with Crippen LogP contribution in [0.2, 0.25) is 0 Å². The Bertz CT molecular complexity index is 503. The molecule has 110 valence electrons. The molecule has 1 saturated carbocycles. The molecule has 5 nitrogen and oxygen atoms in total. The summed E-state index contributed by atoms with van der Waals surface area (Å²) in [6, 6.07) is 2.04. The van der Waals surface area contributed by atoms with Crippen molar-refractivity contribution >= 4 is 5.91 Å². The highest BCUT2D eigenvalue weighted by Crippen LogP contribution is 2.43. The SMILES string of the molecule is CC(C)n1ccc(C(=O)N2CCC(O)C23CCCC3)n1. The van der Waals surface area contributed by atoms with Gasteiger partial charge >= 0.3 is 0 Å². The van der Waals surface area contributed by atoms with Crippen LogP contribution in [0.4, 0.5) is 0 Å². The van der Waals surface area contributed by atoms with E-state index in [4.69, 9.17) is 0 Å². The Morgan fingerprint density at radius 3 is 2.75 bits per heavy atom. The summed E-state index contributed by atoms with van der Waals surface area (Å²) in [7, 11) is 0. The molecule has 2 fully saturated rings. The van der Waals surface area contributed by atoms with E-state index in [-0.39, 0.29) is 23.6 Å². The van der Waals surface area contributed by atoms with Gasteiger partial charge in [-0.3, -0.25) is 9.48 Å². The van der Waals surface area contributed by atoms with Crippen molar-refractivity contribution in [1.29, 1.82) is 0 Å². The number of aliphatic hydroxyl groups excluding tert-OH is 1. The van der Waals surface area contributed by atoms with Gasteiger partial charge in [-0.2, -0.15) is 5.10 Å². The highest BCUT2D eigenvalue weighted by atomic mass is 16.3. The van der Waals surface area contributed by atoms with Gasteiger partial charge in [0.1, 0.15) is 5.69 Å². The molecule has 1 amide bonds. The third-order valence-corrected chi connectivity index (χ3v) is 4.86. The van der Waals surface area contributed by atoms with Gasteiger partial charge < -0.3 is 10.0 Å². The van der Waals surface area contributed by atoms with E-state index >= 15 is 0 Å². The van der Waals surface area contributed by atoms with E-state index in [1.54, 1.807) is 10.7 Å². The van der Waals surface area contributed by atoms with E-state index in [2.05, 4.69) is 5.10 Å². The fourth-order valence-electron chi connectivity index (χ4n) is 3.69. The minimum Gasteiger partial charge on any atom is -0.391 e. The van der Waals surface area contributed by atoms with Crippen LogP contribution in [0.25, 0.3) is 0 Å². The molecule has 1 aromatic rings. The van der Waals surface area contributed by atoms with Crippen LogP contribution in [0.3, 0.4) is 0 Å². The molecule has 1 unspecified atom stereocenters. The molecule has 2 aliphatic rings. The zero-order valence-electron chi connectivity index (χ0n) is 12.2. The number of hydrogen-bond acceptors (Lipinski definition) is 3. The average Bonchev–Trinajstić information content (AvgIpc) is 3.13. The fraction of sp³-hybridized carbons (Fsp3) is 0.733. The number of carbonyl (C=O) groups is 1. The second-order valence-corrected chi connectivity index (χ2v) is 6.35. The molecule has 1 aromatic heterocycles. The monoisotopic (exact) mass is 277 g/mol. The Hall–Kier alpha value is -1.36. The van der Waals surface area contributed by atoms with E-state index in [1.165, 1.54) is 0 Å². The van der Waals surface area contributed by atoms with Crippen molar-refractivity contribution in [3.8, 4) is 0 Å². The number of aromatic nitrogens is 2. The van der Waals surface area contributed by atoms with Crippen molar-refractivity contribution in [2.45, 2.75) is 63.6 Å². The third kappa shape index (κ3) is 1.95. The number of rotatable bonds is 2. The molecule has 0 aromatic carbocycles. The van der Waals surface area contributed by atoms with E-state index in [1.807, 2.05) is 24.9 Å². The van der Waals surface area contributed by atoms with Crippen LogP contribution >= 0.6 is 0 Å². The molecule has 1 aliphatic heterocycles. The van der Waals surface area contributed by atoms with E-state index in [0.29, 0.717) is 18.7 Å². The van der Waals surface area contributed by atoms with Crippen LogP contribution in [0.5, 0.6) is 0 Å². The first-order valence-corrected chi connectivity index (χ1v) is 7.60. The maximum atomic E-state index is 12.7. The first kappa shape index (κ1) is 13.6. The first-order valence-electron chi connectivity index (χ1n) is 7.60. The fourth-order valence-corrected chi connectivity index (χ4v) is 3.69. The largest absolute Gasteiger partial charge is 0.391 e. The molecule has 5 heteroatoms. The molecule has 1 atom stereocenters. The quantitative estimate of drug-likeness (QED) is 0.899. The molecule has 0 bridgehead atoms. The summed E-state index contributed by atoms with van der Waals surface area (Å²) < 4.78 is 1.81. The molecular weight excluding hydrogens is 254 g/mol. The van der Waals surface area contributed by atoms with Crippen LogP contribution in [0, 0.1) is 0 Å². The zero-order valence-corrected chi connectivity index (χ0v) is 12.2. The molecule has 1 saturated heterocycles. The Morgan fingerprint density at radius 2 is 2.15 bits per heavy atom. The number of hydrogen-bond donors (Lipinski definition) is 1. The van der Waals surface area contributed by atoms with Crippen molar-refractivity contribution in [3.05, 3.63) is 18.0 Å². The van der Waals surface area contributed by atoms with Crippen molar-refractivity contribution < 1.29 is 9.90 Å². The van der Waals surface area contributed by atoms with Gasteiger partial charge in [0.2, 0.25) is 0 Å². The molecular formula is C15H23N3O2. The first-order chi connectivity index (χ1) is 9.54. The minimum atomic E-state index is -0.374. The summed E-state index contributed by atoms with van der Waals surface area (Å²) in [6.07, 6.45) is 6.21. The Kier molecular flexibility index (Phi) is 3.32. The van der Waals surface area contributed by atoms with Crippen LogP contribution in [0.1, 0.15) is 62.5 Å². The van der Waals surface area contributed by atoms with Gasteiger partial charge in [-0.15, -0.1) is 0 Å². The van der Waals surface area contributed by atoms with E-state index in [0.717, 1.165) is 25.7 Å². The lowest BCUT2D eigenvalue weighted by Crippen LogP contribution is -2.51. The average molecular weight is 277 g/mol. The van der Waals surface area contributed by atoms with Gasteiger partial charge in [0.25, 0.3) is 5.91 Å². The van der Waals surface area contributed by atoms with E-state index in [9.17, 15) is 9.90 Å². The minimum absolute atomic E-state index is 0.0251. The second kappa shape index (κ2) is 4.88. The van der Waals surface area contributed by atoms with Gasteiger partial charge in [-0.1, -0.05) is 12.8 Å². The zero-order chi connectivity index (χ0) is 14.3. The van der Waals surface area contributed by atoms with Gasteiger partial charge in [-0.05, 0) is 39.2 Å². The van der Waals surface area contributed by atoms with Gasteiger partial charge in [0, 0.05) is 18.8 Å². The summed E-state index contributed by atoms with van der Waals surface area (Å²) in [5.74, 6) is -0.0251. The molecule has 0 radical (unpaired) electrons. The number of amides is 1. The normalized spacial score (nSPS) is 25.0. The number of carbonyl (C=O) groups excluding carboxylic acids is 1. The predicted octanol–water partition coefficient (Wildman–Crippen LogP) is 1.98. The number of likely N-dealkylation sites (tertiary alicyclic amines) is 1. The standard InChI is InChI=1S/C15H23N3O2/c1-11(2)18-10-5-12(16-18)14(20)17-9-6-13(19)15(17)7-3-4-8-15/h5,10-11,13,19H,3-4,6-9H2,1-2H3. The van der Waals surface area contributed by atoms with Gasteiger partial charge in [0.05, 0.1) is 11.6 Å². The predicted molar refractivity (Wildman–Crippen MR) is 75.5 cm³/mol. The molecule has 1 N–H and O–H groups in total. The lowest BCUT2D eigenvalue weighted by atomic mass is 9.91. The van der Waals surface area contributed by atoms with Crippen LogP contribution in [-0.4, -0.2) is 43.9 Å². The Morgan fingerprint density at radius 1 is 1.45 bits per heavy atom. The maximum absolute atomic E-state index is 12.7. The molecule has 1 aliphatic carbocycles. The Balaban J connectivity index is 1.86. The highest BCUT2D eigenvalue weighted by Gasteiger charge is 2.51. The molecule has 2 heterocycles. The van der Waals surface area contributed by atoms with Crippen LogP contribution in [-0.2, 0) is 0 Å².